The standard InChI is InChI=1S/C16H20N4O4/c1-19-5-6-20(2)12-8-16(10-18,14(22)24-4)15(9-17,7-11(12)19)13(21)23-3/h5-8H2,1-4H3/t15-,16+. The van der Waals surface area contributed by atoms with Crippen molar-refractivity contribution in [2.24, 2.45) is 10.8 Å². The molecule has 0 bridgehead atoms. The van der Waals surface area contributed by atoms with E-state index in [4.69, 9.17) is 9.47 Å². The molecule has 0 amide bonds. The van der Waals surface area contributed by atoms with Crippen molar-refractivity contribution in [2.45, 2.75) is 12.8 Å². The molecule has 0 fully saturated rings. The molecule has 1 aliphatic heterocycles. The fraction of sp³-hybridized carbons (Fsp3) is 0.625. The molecule has 0 saturated carbocycles. The first-order valence-corrected chi connectivity index (χ1v) is 7.47. The smallest absolute Gasteiger partial charge is 0.328 e. The summed E-state index contributed by atoms with van der Waals surface area (Å²) >= 11 is 0. The predicted octanol–water partition coefficient (Wildman–Crippen LogP) is 0.235. The minimum absolute atomic E-state index is 0.0744. The van der Waals surface area contributed by atoms with Gasteiger partial charge >= 0.3 is 11.9 Å². The Morgan fingerprint density at radius 1 is 0.917 bits per heavy atom. The third kappa shape index (κ3) is 2.10. The molecule has 1 heterocycles. The molecule has 2 atom stereocenters. The van der Waals surface area contributed by atoms with Gasteiger partial charge in [-0.1, -0.05) is 0 Å². The van der Waals surface area contributed by atoms with Crippen LogP contribution in [0.2, 0.25) is 0 Å². The van der Waals surface area contributed by atoms with Gasteiger partial charge in [0.2, 0.25) is 0 Å². The van der Waals surface area contributed by atoms with E-state index in [0.717, 1.165) is 38.7 Å². The van der Waals surface area contributed by atoms with Gasteiger partial charge in [0.25, 0.3) is 0 Å². The zero-order valence-electron chi connectivity index (χ0n) is 14.3. The fourth-order valence-electron chi connectivity index (χ4n) is 3.49. The van der Waals surface area contributed by atoms with Gasteiger partial charge in [-0.25, -0.2) is 0 Å². The highest BCUT2D eigenvalue weighted by molar-refractivity contribution is 5.94. The van der Waals surface area contributed by atoms with E-state index in [2.05, 4.69) is 0 Å². The van der Waals surface area contributed by atoms with Gasteiger partial charge in [0.15, 0.2) is 10.8 Å². The molecule has 0 aromatic rings. The van der Waals surface area contributed by atoms with Crippen LogP contribution in [0.15, 0.2) is 11.4 Å². The van der Waals surface area contributed by atoms with E-state index in [9.17, 15) is 20.1 Å². The lowest BCUT2D eigenvalue weighted by Crippen LogP contribution is -2.57. The van der Waals surface area contributed by atoms with Crippen molar-refractivity contribution >= 4 is 11.9 Å². The van der Waals surface area contributed by atoms with E-state index in [-0.39, 0.29) is 12.8 Å². The first kappa shape index (κ1) is 17.6. The molecule has 24 heavy (non-hydrogen) atoms. The first-order chi connectivity index (χ1) is 11.3. The molecule has 1 aliphatic carbocycles. The van der Waals surface area contributed by atoms with E-state index in [1.54, 1.807) is 0 Å². The minimum Gasteiger partial charge on any atom is -0.468 e. The predicted molar refractivity (Wildman–Crippen MR) is 81.6 cm³/mol. The van der Waals surface area contributed by atoms with Gasteiger partial charge in [-0.15, -0.1) is 0 Å². The number of likely N-dealkylation sites (N-methyl/N-ethyl adjacent to an activating group) is 2. The molecule has 0 N–H and O–H groups in total. The van der Waals surface area contributed by atoms with E-state index < -0.39 is 22.8 Å². The molecule has 0 radical (unpaired) electrons. The topological polar surface area (TPSA) is 107 Å². The molecular weight excluding hydrogens is 312 g/mol. The average Bonchev–Trinajstić information content (AvgIpc) is 2.62. The summed E-state index contributed by atoms with van der Waals surface area (Å²) in [6.45, 7) is 1.44. The highest BCUT2D eigenvalue weighted by Crippen LogP contribution is 2.55. The molecule has 8 nitrogen and oxygen atoms in total. The summed E-state index contributed by atoms with van der Waals surface area (Å²) in [6, 6.07) is 3.83. The molecular formula is C16H20N4O4. The normalized spacial score (nSPS) is 29.2. The van der Waals surface area contributed by atoms with Crippen LogP contribution in [0.1, 0.15) is 12.8 Å². The third-order valence-corrected chi connectivity index (χ3v) is 5.07. The lowest BCUT2D eigenvalue weighted by Gasteiger charge is -2.48. The third-order valence-electron chi connectivity index (χ3n) is 5.07. The Labute approximate surface area is 140 Å². The second-order valence-corrected chi connectivity index (χ2v) is 6.11. The quantitative estimate of drug-likeness (QED) is 0.662. The summed E-state index contributed by atoms with van der Waals surface area (Å²) in [6.07, 6.45) is -0.149. The van der Waals surface area contributed by atoms with E-state index in [1.807, 2.05) is 36.0 Å². The van der Waals surface area contributed by atoms with Crippen LogP contribution in [0.25, 0.3) is 0 Å². The molecule has 0 aromatic heterocycles. The van der Waals surface area contributed by atoms with Crippen LogP contribution < -0.4 is 0 Å². The van der Waals surface area contributed by atoms with Gasteiger partial charge in [-0.3, -0.25) is 9.59 Å². The largest absolute Gasteiger partial charge is 0.468 e. The Bertz CT molecular complexity index is 631. The van der Waals surface area contributed by atoms with E-state index in [1.165, 1.54) is 0 Å². The second kappa shape index (κ2) is 6.04. The van der Waals surface area contributed by atoms with Crippen molar-refractivity contribution in [3.05, 3.63) is 11.4 Å². The number of carbonyl (C=O) groups excluding carboxylic acids is 2. The summed E-state index contributed by atoms with van der Waals surface area (Å²) in [5.74, 6) is -1.80. The van der Waals surface area contributed by atoms with E-state index >= 15 is 0 Å². The van der Waals surface area contributed by atoms with Gasteiger partial charge in [0, 0.05) is 51.4 Å². The Morgan fingerprint density at radius 3 is 1.50 bits per heavy atom. The van der Waals surface area contributed by atoms with Crippen molar-refractivity contribution in [3.63, 3.8) is 0 Å². The van der Waals surface area contributed by atoms with Crippen LogP contribution in [-0.4, -0.2) is 63.1 Å². The number of esters is 2. The number of carbonyl (C=O) groups is 2. The molecule has 0 saturated heterocycles. The Balaban J connectivity index is 2.76. The highest BCUT2D eigenvalue weighted by Gasteiger charge is 2.67. The summed E-state index contributed by atoms with van der Waals surface area (Å²) in [5, 5.41) is 19.7. The van der Waals surface area contributed by atoms with Gasteiger partial charge in [0.05, 0.1) is 26.4 Å². The summed E-state index contributed by atoms with van der Waals surface area (Å²) in [5.41, 5.74) is -2.36. The molecule has 2 rings (SSSR count). The number of nitrogens with zero attached hydrogens (tertiary/aromatic N) is 4. The summed E-state index contributed by atoms with van der Waals surface area (Å²) in [7, 11) is 6.00. The first-order valence-electron chi connectivity index (χ1n) is 7.47. The number of rotatable bonds is 2. The van der Waals surface area contributed by atoms with Gasteiger partial charge in [-0.2, -0.15) is 10.5 Å². The zero-order chi connectivity index (χ0) is 18.1. The molecule has 128 valence electrons. The van der Waals surface area contributed by atoms with Crippen LogP contribution in [0, 0.1) is 33.5 Å². The van der Waals surface area contributed by atoms with Gasteiger partial charge in [0.1, 0.15) is 0 Å². The molecule has 0 unspecified atom stereocenters. The molecule has 8 heteroatoms. The van der Waals surface area contributed by atoms with Gasteiger partial charge in [-0.05, 0) is 0 Å². The fourth-order valence-corrected chi connectivity index (χ4v) is 3.49. The second-order valence-electron chi connectivity index (χ2n) is 6.11. The van der Waals surface area contributed by atoms with Crippen LogP contribution in [0.3, 0.4) is 0 Å². The van der Waals surface area contributed by atoms with Crippen LogP contribution in [0.4, 0.5) is 0 Å². The number of methoxy groups -OCH3 is 2. The minimum atomic E-state index is -1.95. The van der Waals surface area contributed by atoms with Crippen molar-refractivity contribution in [1.82, 2.24) is 9.80 Å². The van der Waals surface area contributed by atoms with Crippen LogP contribution in [-0.2, 0) is 19.1 Å². The lowest BCUT2D eigenvalue weighted by molar-refractivity contribution is -0.169. The number of hydrogen-bond donors (Lipinski definition) is 0. The van der Waals surface area contributed by atoms with Crippen molar-refractivity contribution < 1.29 is 19.1 Å². The van der Waals surface area contributed by atoms with Crippen molar-refractivity contribution in [1.29, 1.82) is 10.5 Å². The Hall–Kier alpha value is -2.74. The maximum Gasteiger partial charge on any atom is 0.328 e. The number of ether oxygens (including phenoxy) is 2. The number of nitriles is 2. The average molecular weight is 332 g/mol. The molecule has 0 aromatic carbocycles. The van der Waals surface area contributed by atoms with Crippen LogP contribution >= 0.6 is 0 Å². The Morgan fingerprint density at radius 2 is 1.25 bits per heavy atom. The highest BCUT2D eigenvalue weighted by atomic mass is 16.5. The van der Waals surface area contributed by atoms with E-state index in [0.29, 0.717) is 0 Å². The van der Waals surface area contributed by atoms with Crippen molar-refractivity contribution in [2.75, 3.05) is 41.4 Å². The summed E-state index contributed by atoms with van der Waals surface area (Å²) < 4.78 is 9.61. The maximum absolute atomic E-state index is 12.5. The monoisotopic (exact) mass is 332 g/mol. The number of allylic oxidation sites excluding steroid dienone is 2. The SMILES string of the molecule is COC(=O)[C@]1(C#N)CC2=C(C[C@]1(C#N)C(=O)OC)N(C)CCN2C. The molecule has 2 aliphatic rings. The maximum atomic E-state index is 12.5. The molecule has 0 spiro atoms. The van der Waals surface area contributed by atoms with Crippen LogP contribution in [0.5, 0.6) is 0 Å². The zero-order valence-corrected chi connectivity index (χ0v) is 14.3. The number of hydrogen-bond acceptors (Lipinski definition) is 8. The van der Waals surface area contributed by atoms with Crippen molar-refractivity contribution in [3.8, 4) is 12.1 Å². The summed E-state index contributed by atoms with van der Waals surface area (Å²) in [4.78, 5) is 28.9. The Kier molecular flexibility index (Phi) is 4.44. The lowest BCUT2D eigenvalue weighted by atomic mass is 9.57. The van der Waals surface area contributed by atoms with Gasteiger partial charge < -0.3 is 19.3 Å².